The number of halogens is 1. The Morgan fingerprint density at radius 2 is 1.92 bits per heavy atom. The van der Waals surface area contributed by atoms with E-state index in [0.29, 0.717) is 55.2 Å². The minimum atomic E-state index is -1.88. The molecular weight excluding hydrogens is 505 g/mol. The van der Waals surface area contributed by atoms with Gasteiger partial charge in [0, 0.05) is 23.2 Å². The van der Waals surface area contributed by atoms with Crippen molar-refractivity contribution in [2.75, 3.05) is 19.1 Å². The largest absolute Gasteiger partial charge is 0.497 e. The predicted molar refractivity (Wildman–Crippen MR) is 145 cm³/mol. The summed E-state index contributed by atoms with van der Waals surface area (Å²) in [7, 11) is 2.71. The number of anilines is 1. The van der Waals surface area contributed by atoms with Gasteiger partial charge in [-0.05, 0) is 64.2 Å². The van der Waals surface area contributed by atoms with Crippen LogP contribution in [-0.4, -0.2) is 52.1 Å². The Kier molecular flexibility index (Phi) is 7.88. The number of carbonyl (C=O) groups excluding carboxylic acids is 1. The first kappa shape index (κ1) is 28.4. The summed E-state index contributed by atoms with van der Waals surface area (Å²) in [5.41, 5.74) is 0.934. The molecular formula is C29H36FN3O6. The maximum atomic E-state index is 14.1. The summed E-state index contributed by atoms with van der Waals surface area (Å²) in [5, 5.41) is 21.8. The van der Waals surface area contributed by atoms with Crippen LogP contribution in [0.1, 0.15) is 63.4 Å². The van der Waals surface area contributed by atoms with Gasteiger partial charge in [0.25, 0.3) is 0 Å². The molecule has 2 N–H and O–H groups in total. The van der Waals surface area contributed by atoms with Gasteiger partial charge in [0.1, 0.15) is 23.0 Å². The number of amides is 1. The lowest BCUT2D eigenvalue weighted by atomic mass is 9.84. The van der Waals surface area contributed by atoms with Crippen molar-refractivity contribution in [3.05, 3.63) is 59.9 Å². The quantitative estimate of drug-likeness (QED) is 0.350. The molecule has 0 bridgehead atoms. The summed E-state index contributed by atoms with van der Waals surface area (Å²) in [4.78, 5) is 31.1. The Labute approximate surface area is 227 Å². The number of aliphatic carboxylic acids is 1. The number of aliphatic hydroxyl groups is 1. The molecule has 1 aliphatic carbocycles. The number of methoxy groups -OCH3 is 2. The Morgan fingerprint density at radius 3 is 2.54 bits per heavy atom. The fraction of sp³-hybridized carbons (Fsp3) is 0.483. The van der Waals surface area contributed by atoms with Gasteiger partial charge in [0.2, 0.25) is 0 Å². The van der Waals surface area contributed by atoms with Gasteiger partial charge in [-0.25, -0.2) is 14.2 Å². The van der Waals surface area contributed by atoms with Crippen LogP contribution < -0.4 is 4.90 Å². The Morgan fingerprint density at radius 1 is 1.21 bits per heavy atom. The highest BCUT2D eigenvalue weighted by molar-refractivity contribution is 5.95. The Bertz CT molecular complexity index is 1360. The zero-order valence-corrected chi connectivity index (χ0v) is 22.9. The smallest absolute Gasteiger partial charge is 0.414 e. The van der Waals surface area contributed by atoms with Gasteiger partial charge in [-0.15, -0.1) is 0 Å². The number of allylic oxidation sites excluding steroid dienone is 2. The molecule has 4 rings (SSSR count). The lowest BCUT2D eigenvalue weighted by Gasteiger charge is -2.34. The second-order valence-corrected chi connectivity index (χ2v) is 10.5. The standard InChI is InChI=1S/C29H36FN3O6/c1-16(30)14-22(18(3)38-5)29(4,37)27-31-25-21-11-10-17(2)32(28(36)39-6)23(21)12-13-24(25)33(27)20-9-7-8-19(15-20)26(34)35/h12-14,17,19-20,37H,1,3,7-11,15H2,2,4-6H3,(H,34,35)/b22-14+/t17-,19+,20+,29?/m0/s1. The fourth-order valence-corrected chi connectivity index (χ4v) is 5.99. The van der Waals surface area contributed by atoms with Gasteiger partial charge in [-0.2, -0.15) is 0 Å². The topological polar surface area (TPSA) is 114 Å². The van der Waals surface area contributed by atoms with Crippen LogP contribution >= 0.6 is 0 Å². The predicted octanol–water partition coefficient (Wildman–Crippen LogP) is 5.54. The zero-order valence-electron chi connectivity index (χ0n) is 22.9. The summed E-state index contributed by atoms with van der Waals surface area (Å²) >= 11 is 0. The molecule has 1 amide bonds. The number of fused-ring (bicyclic) bond motifs is 3. The minimum absolute atomic E-state index is 0.0391. The molecule has 1 aromatic carbocycles. The second kappa shape index (κ2) is 10.8. The number of benzene rings is 1. The molecule has 10 heteroatoms. The van der Waals surface area contributed by atoms with Crippen molar-refractivity contribution >= 4 is 28.8 Å². The average molecular weight is 542 g/mol. The summed E-state index contributed by atoms with van der Waals surface area (Å²) < 4.78 is 26.3. The maximum Gasteiger partial charge on any atom is 0.414 e. The van der Waals surface area contributed by atoms with Crippen LogP contribution in [0.15, 0.2) is 48.5 Å². The number of ether oxygens (including phenoxy) is 2. The molecule has 2 aliphatic rings. The third-order valence-electron chi connectivity index (χ3n) is 7.99. The molecule has 210 valence electrons. The number of hydrogen-bond donors (Lipinski definition) is 2. The maximum absolute atomic E-state index is 14.1. The van der Waals surface area contributed by atoms with Crippen molar-refractivity contribution in [1.82, 2.24) is 9.55 Å². The van der Waals surface area contributed by atoms with Crippen molar-refractivity contribution in [3.63, 3.8) is 0 Å². The van der Waals surface area contributed by atoms with Gasteiger partial charge in [0.05, 0.1) is 36.9 Å². The fourth-order valence-electron chi connectivity index (χ4n) is 5.99. The molecule has 1 fully saturated rings. The third kappa shape index (κ3) is 5.05. The molecule has 4 atom stereocenters. The number of carboxylic acids is 1. The number of hydrogen-bond acceptors (Lipinski definition) is 6. The first-order valence-corrected chi connectivity index (χ1v) is 13.1. The van der Waals surface area contributed by atoms with E-state index in [-0.39, 0.29) is 29.2 Å². The van der Waals surface area contributed by atoms with Gasteiger partial charge < -0.3 is 24.3 Å². The Hall–Kier alpha value is -3.66. The molecule has 0 saturated heterocycles. The number of aromatic nitrogens is 2. The van der Waals surface area contributed by atoms with E-state index in [9.17, 15) is 24.2 Å². The molecule has 9 nitrogen and oxygen atoms in total. The highest BCUT2D eigenvalue weighted by atomic mass is 19.1. The van der Waals surface area contributed by atoms with E-state index in [1.54, 1.807) is 4.90 Å². The van der Waals surface area contributed by atoms with E-state index in [1.807, 2.05) is 23.6 Å². The first-order chi connectivity index (χ1) is 18.4. The van der Waals surface area contributed by atoms with Crippen molar-refractivity contribution in [3.8, 4) is 0 Å². The van der Waals surface area contributed by atoms with Crippen LogP contribution in [0.25, 0.3) is 11.0 Å². The van der Waals surface area contributed by atoms with Crippen molar-refractivity contribution in [2.24, 2.45) is 5.92 Å². The number of carboxylic acid groups (broad SMARTS) is 1. The van der Waals surface area contributed by atoms with Crippen LogP contribution in [0.3, 0.4) is 0 Å². The van der Waals surface area contributed by atoms with Crippen molar-refractivity contribution in [1.29, 1.82) is 0 Å². The van der Waals surface area contributed by atoms with E-state index < -0.39 is 29.4 Å². The SMILES string of the molecule is C=C(F)/C=C(\C(=C)OC)C(C)(O)c1nc2c3c(ccc2n1[C@@H]1CCC[C@@H](C(=O)O)C1)N(C(=O)OC)[C@@H](C)CC3. The molecule has 1 unspecified atom stereocenters. The van der Waals surface area contributed by atoms with E-state index >= 15 is 0 Å². The summed E-state index contributed by atoms with van der Waals surface area (Å²) in [6.45, 7) is 10.6. The number of imidazole rings is 1. The van der Waals surface area contributed by atoms with Crippen LogP contribution in [0.5, 0.6) is 0 Å². The Balaban J connectivity index is 2.00. The van der Waals surface area contributed by atoms with Gasteiger partial charge in [-0.1, -0.05) is 19.6 Å². The summed E-state index contributed by atoms with van der Waals surface area (Å²) in [5.74, 6) is -1.95. The number of carbonyl (C=O) groups is 2. The molecule has 1 saturated carbocycles. The van der Waals surface area contributed by atoms with Gasteiger partial charge >= 0.3 is 12.1 Å². The van der Waals surface area contributed by atoms with Crippen LogP contribution in [0.4, 0.5) is 14.9 Å². The van der Waals surface area contributed by atoms with Gasteiger partial charge in [0.15, 0.2) is 0 Å². The zero-order chi connectivity index (χ0) is 28.6. The summed E-state index contributed by atoms with van der Waals surface area (Å²) in [6, 6.07) is 3.31. The normalized spacial score (nSPS) is 23.1. The van der Waals surface area contributed by atoms with Crippen molar-refractivity contribution < 1.29 is 33.7 Å². The third-order valence-corrected chi connectivity index (χ3v) is 7.99. The highest BCUT2D eigenvalue weighted by Crippen LogP contribution is 2.44. The molecule has 2 aromatic rings. The monoisotopic (exact) mass is 541 g/mol. The van der Waals surface area contributed by atoms with Crippen LogP contribution in [0.2, 0.25) is 0 Å². The average Bonchev–Trinajstić information content (AvgIpc) is 3.31. The number of rotatable bonds is 7. The van der Waals surface area contributed by atoms with E-state index in [4.69, 9.17) is 14.5 Å². The second-order valence-electron chi connectivity index (χ2n) is 10.5. The van der Waals surface area contributed by atoms with Crippen LogP contribution in [-0.2, 0) is 26.3 Å². The first-order valence-electron chi connectivity index (χ1n) is 13.1. The highest BCUT2D eigenvalue weighted by Gasteiger charge is 2.41. The molecule has 1 aromatic heterocycles. The molecule has 0 radical (unpaired) electrons. The molecule has 0 spiro atoms. The van der Waals surface area contributed by atoms with Crippen molar-refractivity contribution in [2.45, 2.75) is 70.1 Å². The lowest BCUT2D eigenvalue weighted by molar-refractivity contribution is -0.143. The van der Waals surface area contributed by atoms with E-state index in [2.05, 4.69) is 13.2 Å². The minimum Gasteiger partial charge on any atom is -0.497 e. The van der Waals surface area contributed by atoms with E-state index in [1.165, 1.54) is 21.1 Å². The van der Waals surface area contributed by atoms with Gasteiger partial charge in [-0.3, -0.25) is 9.69 Å². The number of nitrogens with zero attached hydrogens (tertiary/aromatic N) is 3. The lowest BCUT2D eigenvalue weighted by Crippen LogP contribution is -2.42. The van der Waals surface area contributed by atoms with E-state index in [0.717, 1.165) is 11.6 Å². The molecule has 2 heterocycles. The van der Waals surface area contributed by atoms with Crippen LogP contribution in [0, 0.1) is 5.92 Å². The molecule has 1 aliphatic heterocycles. The summed E-state index contributed by atoms with van der Waals surface area (Å²) in [6.07, 6.45) is 4.19. The molecule has 39 heavy (non-hydrogen) atoms. The number of aryl methyl sites for hydroxylation is 1.